The Labute approximate surface area is 152 Å². The molecule has 1 amide bonds. The lowest BCUT2D eigenvalue weighted by Crippen LogP contribution is -2.38. The van der Waals surface area contributed by atoms with E-state index in [1.807, 2.05) is 31.2 Å². The Bertz CT molecular complexity index is 833. The minimum absolute atomic E-state index is 0.0324. The lowest BCUT2D eigenvalue weighted by atomic mass is 10.1. The number of methoxy groups -OCH3 is 2. The van der Waals surface area contributed by atoms with E-state index in [9.17, 15) is 9.59 Å². The smallest absolute Gasteiger partial charge is 0.342 e. The number of anilines is 1. The molecule has 0 radical (unpaired) electrons. The van der Waals surface area contributed by atoms with Crippen LogP contribution in [0.1, 0.15) is 22.8 Å². The number of hydrogen-bond acceptors (Lipinski definition) is 5. The molecule has 1 atom stereocenters. The molecular formula is C20H21NO5. The van der Waals surface area contributed by atoms with E-state index >= 15 is 0 Å². The van der Waals surface area contributed by atoms with Gasteiger partial charge < -0.3 is 19.1 Å². The lowest BCUT2D eigenvalue weighted by molar-refractivity contribution is -0.122. The number of nitrogens with zero attached hydrogens (tertiary/aromatic N) is 1. The van der Waals surface area contributed by atoms with Gasteiger partial charge in [0.15, 0.2) is 6.61 Å². The van der Waals surface area contributed by atoms with Crippen molar-refractivity contribution >= 4 is 17.6 Å². The average Bonchev–Trinajstić information content (AvgIpc) is 3.01. The van der Waals surface area contributed by atoms with Crippen molar-refractivity contribution in [3.63, 3.8) is 0 Å². The number of ether oxygens (including phenoxy) is 3. The van der Waals surface area contributed by atoms with Gasteiger partial charge in [-0.15, -0.1) is 0 Å². The summed E-state index contributed by atoms with van der Waals surface area (Å²) in [5.41, 5.74) is 2.21. The Balaban J connectivity index is 1.71. The van der Waals surface area contributed by atoms with Crippen LogP contribution >= 0.6 is 0 Å². The van der Waals surface area contributed by atoms with Crippen LogP contribution in [-0.4, -0.2) is 38.7 Å². The molecule has 0 fully saturated rings. The van der Waals surface area contributed by atoms with E-state index in [0.29, 0.717) is 11.5 Å². The predicted molar refractivity (Wildman–Crippen MR) is 96.9 cm³/mol. The van der Waals surface area contributed by atoms with Crippen molar-refractivity contribution in [1.29, 1.82) is 0 Å². The van der Waals surface area contributed by atoms with Crippen molar-refractivity contribution in [1.82, 2.24) is 0 Å². The lowest BCUT2D eigenvalue weighted by Gasteiger charge is -2.22. The molecule has 1 aliphatic heterocycles. The number of carbonyl (C=O) groups excluding carboxylic acids is 2. The van der Waals surface area contributed by atoms with Crippen molar-refractivity contribution in [3.8, 4) is 11.5 Å². The maximum Gasteiger partial charge on any atom is 0.342 e. The fraction of sp³-hybridized carbons (Fsp3) is 0.300. The fourth-order valence-corrected chi connectivity index (χ4v) is 3.19. The molecule has 2 aromatic rings. The van der Waals surface area contributed by atoms with E-state index in [1.165, 1.54) is 20.3 Å². The van der Waals surface area contributed by atoms with Gasteiger partial charge in [0.25, 0.3) is 5.91 Å². The maximum absolute atomic E-state index is 12.6. The highest BCUT2D eigenvalue weighted by Gasteiger charge is 2.31. The summed E-state index contributed by atoms with van der Waals surface area (Å²) in [4.78, 5) is 26.7. The summed E-state index contributed by atoms with van der Waals surface area (Å²) in [6.07, 6.45) is 0.791. The van der Waals surface area contributed by atoms with E-state index < -0.39 is 5.97 Å². The topological polar surface area (TPSA) is 65.1 Å². The molecule has 1 heterocycles. The van der Waals surface area contributed by atoms with Gasteiger partial charge >= 0.3 is 5.97 Å². The number of para-hydroxylation sites is 1. The summed E-state index contributed by atoms with van der Waals surface area (Å²) in [6.45, 7) is 1.64. The molecule has 0 aromatic heterocycles. The summed E-state index contributed by atoms with van der Waals surface area (Å²) >= 11 is 0. The second-order valence-corrected chi connectivity index (χ2v) is 6.09. The van der Waals surface area contributed by atoms with Gasteiger partial charge in [-0.2, -0.15) is 0 Å². The van der Waals surface area contributed by atoms with Gasteiger partial charge in [0.2, 0.25) is 0 Å². The van der Waals surface area contributed by atoms with Crippen LogP contribution < -0.4 is 14.4 Å². The molecule has 2 aromatic carbocycles. The maximum atomic E-state index is 12.6. The fourth-order valence-electron chi connectivity index (χ4n) is 3.19. The Morgan fingerprint density at radius 2 is 1.88 bits per heavy atom. The van der Waals surface area contributed by atoms with Gasteiger partial charge in [-0.25, -0.2) is 4.79 Å². The zero-order valence-electron chi connectivity index (χ0n) is 15.0. The number of benzene rings is 2. The summed E-state index contributed by atoms with van der Waals surface area (Å²) < 4.78 is 15.6. The second kappa shape index (κ2) is 7.47. The van der Waals surface area contributed by atoms with E-state index in [1.54, 1.807) is 17.0 Å². The van der Waals surface area contributed by atoms with Crippen LogP contribution in [0.4, 0.5) is 5.69 Å². The first-order chi connectivity index (χ1) is 12.5. The first kappa shape index (κ1) is 17.8. The van der Waals surface area contributed by atoms with E-state index in [4.69, 9.17) is 14.2 Å². The zero-order valence-corrected chi connectivity index (χ0v) is 15.0. The van der Waals surface area contributed by atoms with Crippen LogP contribution in [0.25, 0.3) is 0 Å². The zero-order chi connectivity index (χ0) is 18.7. The van der Waals surface area contributed by atoms with Crippen LogP contribution in [0.2, 0.25) is 0 Å². The van der Waals surface area contributed by atoms with E-state index in [2.05, 4.69) is 0 Å². The SMILES string of the molecule is COc1ccc(OC)c(C(=O)OCC(=O)N2c3ccccc3C[C@@H]2C)c1. The first-order valence-electron chi connectivity index (χ1n) is 8.34. The standard InChI is InChI=1S/C20H21NO5/c1-13-10-14-6-4-5-7-17(14)21(13)19(22)12-26-20(23)16-11-15(24-2)8-9-18(16)25-3/h4-9,11,13H,10,12H2,1-3H3/t13-/m0/s1. The minimum atomic E-state index is -0.630. The highest BCUT2D eigenvalue weighted by Crippen LogP contribution is 2.32. The average molecular weight is 355 g/mol. The highest BCUT2D eigenvalue weighted by molar-refractivity contribution is 5.99. The van der Waals surface area contributed by atoms with Gasteiger partial charge in [0.1, 0.15) is 17.1 Å². The Hall–Kier alpha value is -3.02. The molecule has 0 unspecified atom stereocenters. The number of amides is 1. The Morgan fingerprint density at radius 1 is 1.12 bits per heavy atom. The number of carbonyl (C=O) groups is 2. The van der Waals surface area contributed by atoms with Crippen molar-refractivity contribution in [3.05, 3.63) is 53.6 Å². The van der Waals surface area contributed by atoms with Crippen LogP contribution in [0.15, 0.2) is 42.5 Å². The molecule has 0 saturated carbocycles. The molecule has 6 heteroatoms. The molecule has 3 rings (SSSR count). The third-order valence-electron chi connectivity index (χ3n) is 4.43. The molecule has 0 saturated heterocycles. The number of fused-ring (bicyclic) bond motifs is 1. The van der Waals surface area contributed by atoms with Gasteiger partial charge in [-0.05, 0) is 43.2 Å². The third kappa shape index (κ3) is 3.35. The normalized spacial score (nSPS) is 15.3. The molecule has 0 bridgehead atoms. The van der Waals surface area contributed by atoms with Crippen LogP contribution in [-0.2, 0) is 16.0 Å². The molecule has 0 spiro atoms. The van der Waals surface area contributed by atoms with Gasteiger partial charge in [0.05, 0.1) is 14.2 Å². The van der Waals surface area contributed by atoms with Gasteiger partial charge in [0, 0.05) is 11.7 Å². The van der Waals surface area contributed by atoms with Crippen molar-refractivity contribution in [2.75, 3.05) is 25.7 Å². The summed E-state index contributed by atoms with van der Waals surface area (Å²) in [6, 6.07) is 12.6. The van der Waals surface area contributed by atoms with E-state index in [0.717, 1.165) is 17.7 Å². The van der Waals surface area contributed by atoms with Crippen molar-refractivity contribution < 1.29 is 23.8 Å². The minimum Gasteiger partial charge on any atom is -0.497 e. The Morgan fingerprint density at radius 3 is 2.62 bits per heavy atom. The monoisotopic (exact) mass is 355 g/mol. The molecule has 0 N–H and O–H groups in total. The predicted octanol–water partition coefficient (Wildman–Crippen LogP) is 2.84. The van der Waals surface area contributed by atoms with Crippen molar-refractivity contribution in [2.45, 2.75) is 19.4 Å². The van der Waals surface area contributed by atoms with Crippen LogP contribution in [0, 0.1) is 0 Å². The molecule has 6 nitrogen and oxygen atoms in total. The van der Waals surface area contributed by atoms with Crippen LogP contribution in [0.5, 0.6) is 11.5 Å². The van der Waals surface area contributed by atoms with Crippen molar-refractivity contribution in [2.24, 2.45) is 0 Å². The molecule has 1 aliphatic rings. The first-order valence-corrected chi connectivity index (χ1v) is 8.34. The van der Waals surface area contributed by atoms with Gasteiger partial charge in [-0.1, -0.05) is 18.2 Å². The quantitative estimate of drug-likeness (QED) is 0.772. The summed E-state index contributed by atoms with van der Waals surface area (Å²) in [5.74, 6) is -0.0128. The van der Waals surface area contributed by atoms with Gasteiger partial charge in [-0.3, -0.25) is 4.79 Å². The van der Waals surface area contributed by atoms with E-state index in [-0.39, 0.29) is 24.1 Å². The molecule has 136 valence electrons. The molecule has 26 heavy (non-hydrogen) atoms. The summed E-state index contributed by atoms with van der Waals surface area (Å²) in [7, 11) is 2.97. The largest absolute Gasteiger partial charge is 0.497 e. The second-order valence-electron chi connectivity index (χ2n) is 6.09. The number of hydrogen-bond donors (Lipinski definition) is 0. The highest BCUT2D eigenvalue weighted by atomic mass is 16.5. The molecular weight excluding hydrogens is 334 g/mol. The Kier molecular flexibility index (Phi) is 5.11. The third-order valence-corrected chi connectivity index (χ3v) is 4.43. The number of rotatable bonds is 5. The molecule has 0 aliphatic carbocycles. The van der Waals surface area contributed by atoms with Crippen LogP contribution in [0.3, 0.4) is 0 Å². The number of esters is 1. The summed E-state index contributed by atoms with van der Waals surface area (Å²) in [5, 5.41) is 0.